The molecule has 1 heteroatoms. The monoisotopic (exact) mass is 205 g/mol. The molecule has 2 atom stereocenters. The van der Waals surface area contributed by atoms with Gasteiger partial charge in [0.2, 0.25) is 0 Å². The van der Waals surface area contributed by atoms with Gasteiger partial charge in [-0.15, -0.1) is 0 Å². The number of hydrogen-bond donors (Lipinski definition) is 1. The Morgan fingerprint density at radius 1 is 1.27 bits per heavy atom. The van der Waals surface area contributed by atoms with Crippen LogP contribution in [0.15, 0.2) is 24.3 Å². The highest BCUT2D eigenvalue weighted by Crippen LogP contribution is 2.24. The summed E-state index contributed by atoms with van der Waals surface area (Å²) < 4.78 is 0. The maximum Gasteiger partial charge on any atom is -0.00204 e. The zero-order valence-corrected chi connectivity index (χ0v) is 10.4. The summed E-state index contributed by atoms with van der Waals surface area (Å²) in [5.41, 5.74) is 2.91. The predicted molar refractivity (Wildman–Crippen MR) is 67.3 cm³/mol. The van der Waals surface area contributed by atoms with Crippen molar-refractivity contribution in [2.75, 3.05) is 13.6 Å². The molecular formula is C14H23N. The summed E-state index contributed by atoms with van der Waals surface area (Å²) in [6.07, 6.45) is 1.13. The van der Waals surface area contributed by atoms with E-state index >= 15 is 0 Å². The van der Waals surface area contributed by atoms with Crippen LogP contribution in [0, 0.1) is 5.92 Å². The molecule has 15 heavy (non-hydrogen) atoms. The number of aryl methyl sites for hydroxylation is 1. The van der Waals surface area contributed by atoms with Gasteiger partial charge < -0.3 is 5.32 Å². The molecule has 0 saturated heterocycles. The average Bonchev–Trinajstić information content (AvgIpc) is 2.28. The van der Waals surface area contributed by atoms with E-state index in [2.05, 4.69) is 50.4 Å². The highest BCUT2D eigenvalue weighted by atomic mass is 14.8. The van der Waals surface area contributed by atoms with Crippen molar-refractivity contribution in [3.05, 3.63) is 35.4 Å². The van der Waals surface area contributed by atoms with Gasteiger partial charge in [-0.25, -0.2) is 0 Å². The van der Waals surface area contributed by atoms with Crippen molar-refractivity contribution in [1.29, 1.82) is 0 Å². The Morgan fingerprint density at radius 2 is 2.00 bits per heavy atom. The molecule has 0 amide bonds. The van der Waals surface area contributed by atoms with E-state index in [0.717, 1.165) is 13.0 Å². The van der Waals surface area contributed by atoms with Crippen LogP contribution in [0.4, 0.5) is 0 Å². The molecule has 1 rings (SSSR count). The maximum absolute atomic E-state index is 3.25. The summed E-state index contributed by atoms with van der Waals surface area (Å²) in [7, 11) is 2.02. The van der Waals surface area contributed by atoms with E-state index < -0.39 is 0 Å². The summed E-state index contributed by atoms with van der Waals surface area (Å²) in [5, 5.41) is 3.25. The number of benzene rings is 1. The third-order valence-electron chi connectivity index (χ3n) is 3.26. The van der Waals surface area contributed by atoms with Crippen LogP contribution in [0.25, 0.3) is 0 Å². The molecule has 0 spiro atoms. The molecule has 84 valence electrons. The third kappa shape index (κ3) is 3.35. The van der Waals surface area contributed by atoms with Gasteiger partial charge in [0, 0.05) is 0 Å². The lowest BCUT2D eigenvalue weighted by Crippen LogP contribution is -2.20. The van der Waals surface area contributed by atoms with Crippen LogP contribution >= 0.6 is 0 Å². The van der Waals surface area contributed by atoms with E-state index in [1.807, 2.05) is 7.05 Å². The summed E-state index contributed by atoms with van der Waals surface area (Å²) >= 11 is 0. The van der Waals surface area contributed by atoms with Crippen molar-refractivity contribution >= 4 is 0 Å². The second kappa shape index (κ2) is 5.92. The van der Waals surface area contributed by atoms with Crippen molar-refractivity contribution in [2.45, 2.75) is 33.1 Å². The summed E-state index contributed by atoms with van der Waals surface area (Å²) in [4.78, 5) is 0. The van der Waals surface area contributed by atoms with Crippen LogP contribution in [0.2, 0.25) is 0 Å². The Bertz CT molecular complexity index is 293. The first-order chi connectivity index (χ1) is 7.19. The largest absolute Gasteiger partial charge is 0.319 e. The SMILES string of the molecule is CCc1cccc(C(C)C(C)CNC)c1. The molecule has 1 aromatic carbocycles. The predicted octanol–water partition coefficient (Wildman–Crippen LogP) is 3.21. The molecule has 1 nitrogen and oxygen atoms in total. The first-order valence-electron chi connectivity index (χ1n) is 5.92. The Labute approximate surface area is 93.9 Å². The van der Waals surface area contributed by atoms with Crippen molar-refractivity contribution in [3.63, 3.8) is 0 Å². The van der Waals surface area contributed by atoms with Gasteiger partial charge in [0.1, 0.15) is 0 Å². The topological polar surface area (TPSA) is 12.0 Å². The van der Waals surface area contributed by atoms with Gasteiger partial charge in [0.05, 0.1) is 0 Å². The smallest absolute Gasteiger partial charge is 0.00204 e. The number of nitrogens with one attached hydrogen (secondary N) is 1. The first kappa shape index (κ1) is 12.3. The summed E-state index contributed by atoms with van der Waals surface area (Å²) in [5.74, 6) is 1.31. The van der Waals surface area contributed by atoms with Gasteiger partial charge in [0.25, 0.3) is 0 Å². The standard InChI is InChI=1S/C14H23N/c1-5-13-7-6-8-14(9-13)12(3)11(2)10-15-4/h6-9,11-12,15H,5,10H2,1-4H3. The molecule has 1 N–H and O–H groups in total. The molecule has 0 aliphatic carbocycles. The molecule has 0 aliphatic heterocycles. The Kier molecular flexibility index (Phi) is 4.83. The lowest BCUT2D eigenvalue weighted by molar-refractivity contribution is 0.466. The highest BCUT2D eigenvalue weighted by Gasteiger charge is 2.13. The maximum atomic E-state index is 3.25. The quantitative estimate of drug-likeness (QED) is 0.778. The van der Waals surface area contributed by atoms with Gasteiger partial charge >= 0.3 is 0 Å². The first-order valence-corrected chi connectivity index (χ1v) is 5.92. The van der Waals surface area contributed by atoms with E-state index in [-0.39, 0.29) is 0 Å². The van der Waals surface area contributed by atoms with Crippen molar-refractivity contribution in [1.82, 2.24) is 5.32 Å². The van der Waals surface area contributed by atoms with Crippen LogP contribution in [0.1, 0.15) is 37.8 Å². The molecule has 1 aromatic rings. The van der Waals surface area contributed by atoms with Crippen LogP contribution < -0.4 is 5.32 Å². The van der Waals surface area contributed by atoms with E-state index in [9.17, 15) is 0 Å². The molecule has 0 radical (unpaired) electrons. The van der Waals surface area contributed by atoms with Crippen molar-refractivity contribution < 1.29 is 0 Å². The van der Waals surface area contributed by atoms with Crippen molar-refractivity contribution in [3.8, 4) is 0 Å². The van der Waals surface area contributed by atoms with Gasteiger partial charge in [-0.3, -0.25) is 0 Å². The number of rotatable bonds is 5. The third-order valence-corrected chi connectivity index (χ3v) is 3.26. The van der Waals surface area contributed by atoms with Gasteiger partial charge in [0.15, 0.2) is 0 Å². The zero-order chi connectivity index (χ0) is 11.3. The fourth-order valence-electron chi connectivity index (χ4n) is 1.92. The molecular weight excluding hydrogens is 182 g/mol. The van der Waals surface area contributed by atoms with Crippen molar-refractivity contribution in [2.24, 2.45) is 5.92 Å². The normalized spacial score (nSPS) is 14.9. The second-order valence-electron chi connectivity index (χ2n) is 4.42. The van der Waals surface area contributed by atoms with E-state index in [1.54, 1.807) is 0 Å². The van der Waals surface area contributed by atoms with Crippen LogP contribution in [-0.2, 0) is 6.42 Å². The van der Waals surface area contributed by atoms with E-state index in [4.69, 9.17) is 0 Å². The molecule has 0 heterocycles. The molecule has 2 unspecified atom stereocenters. The fraction of sp³-hybridized carbons (Fsp3) is 0.571. The minimum absolute atomic E-state index is 0.629. The van der Waals surface area contributed by atoms with Crippen LogP contribution in [-0.4, -0.2) is 13.6 Å². The molecule has 0 bridgehead atoms. The van der Waals surface area contributed by atoms with Gasteiger partial charge in [-0.2, -0.15) is 0 Å². The Balaban J connectivity index is 2.76. The fourth-order valence-corrected chi connectivity index (χ4v) is 1.92. The molecule has 0 saturated carbocycles. The summed E-state index contributed by atoms with van der Waals surface area (Å²) in [6, 6.07) is 8.97. The lowest BCUT2D eigenvalue weighted by Gasteiger charge is -2.20. The second-order valence-corrected chi connectivity index (χ2v) is 4.42. The van der Waals surface area contributed by atoms with E-state index in [0.29, 0.717) is 11.8 Å². The molecule has 0 aliphatic rings. The number of hydrogen-bond acceptors (Lipinski definition) is 1. The minimum atomic E-state index is 0.629. The van der Waals surface area contributed by atoms with E-state index in [1.165, 1.54) is 11.1 Å². The Morgan fingerprint density at radius 3 is 2.60 bits per heavy atom. The van der Waals surface area contributed by atoms with Crippen LogP contribution in [0.3, 0.4) is 0 Å². The Hall–Kier alpha value is -0.820. The van der Waals surface area contributed by atoms with Crippen LogP contribution in [0.5, 0.6) is 0 Å². The summed E-state index contributed by atoms with van der Waals surface area (Å²) in [6.45, 7) is 7.91. The minimum Gasteiger partial charge on any atom is -0.319 e. The molecule has 0 fully saturated rings. The highest BCUT2D eigenvalue weighted by molar-refractivity contribution is 5.26. The lowest BCUT2D eigenvalue weighted by atomic mass is 9.88. The van der Waals surface area contributed by atoms with Gasteiger partial charge in [-0.05, 0) is 43.0 Å². The average molecular weight is 205 g/mol. The molecule has 0 aromatic heterocycles. The zero-order valence-electron chi connectivity index (χ0n) is 10.4. The van der Waals surface area contributed by atoms with Gasteiger partial charge in [-0.1, -0.05) is 45.0 Å².